The van der Waals surface area contributed by atoms with Crippen molar-refractivity contribution in [2.75, 3.05) is 0 Å². The Balaban J connectivity index is 1.94. The molecule has 3 nitrogen and oxygen atoms in total. The molecule has 1 amide bonds. The van der Waals surface area contributed by atoms with Crippen LogP contribution in [0.3, 0.4) is 0 Å². The van der Waals surface area contributed by atoms with Crippen LogP contribution in [0.4, 0.5) is 8.78 Å². The molecule has 0 bridgehead atoms. The zero-order valence-electron chi connectivity index (χ0n) is 8.50. The van der Waals surface area contributed by atoms with Crippen LogP contribution in [0.5, 0.6) is 0 Å². The van der Waals surface area contributed by atoms with Gasteiger partial charge in [-0.25, -0.2) is 14.3 Å². The van der Waals surface area contributed by atoms with E-state index < -0.39 is 17.5 Å². The van der Waals surface area contributed by atoms with E-state index >= 15 is 0 Å². The smallest absolute Gasteiger partial charge is 0.270 e. The molecule has 16 heavy (non-hydrogen) atoms. The third-order valence-electron chi connectivity index (χ3n) is 2.55. The summed E-state index contributed by atoms with van der Waals surface area (Å²) >= 11 is 0. The largest absolute Gasteiger partial charge is 0.274 e. The molecule has 0 saturated heterocycles. The summed E-state index contributed by atoms with van der Waals surface area (Å²) in [7, 11) is 0. The van der Waals surface area contributed by atoms with Gasteiger partial charge in [-0.15, -0.1) is 0 Å². The lowest BCUT2D eigenvalue weighted by Gasteiger charge is -2.24. The molecule has 0 radical (unpaired) electrons. The van der Waals surface area contributed by atoms with E-state index in [0.29, 0.717) is 0 Å². The predicted octanol–water partition coefficient (Wildman–Crippen LogP) is 2.18. The topological polar surface area (TPSA) is 38.3 Å². The third kappa shape index (κ3) is 2.36. The molecule has 2 rings (SSSR count). The van der Waals surface area contributed by atoms with Crippen LogP contribution >= 0.6 is 0 Å². The Hall–Kier alpha value is -1.49. The number of hydrogen-bond donors (Lipinski definition) is 1. The van der Waals surface area contributed by atoms with E-state index in [2.05, 4.69) is 5.48 Å². The highest BCUT2D eigenvalue weighted by molar-refractivity contribution is 5.93. The molecule has 1 fully saturated rings. The summed E-state index contributed by atoms with van der Waals surface area (Å²) in [6.07, 6.45) is 2.97. The van der Waals surface area contributed by atoms with Gasteiger partial charge in [0.15, 0.2) is 11.6 Å². The van der Waals surface area contributed by atoms with Gasteiger partial charge >= 0.3 is 0 Å². The van der Waals surface area contributed by atoms with Gasteiger partial charge < -0.3 is 0 Å². The first kappa shape index (κ1) is 11.0. The van der Waals surface area contributed by atoms with Gasteiger partial charge in [0.1, 0.15) is 0 Å². The first-order valence-corrected chi connectivity index (χ1v) is 5.08. The summed E-state index contributed by atoms with van der Waals surface area (Å²) in [5.74, 6) is -2.58. The number of nitrogens with one attached hydrogen (secondary N) is 1. The van der Waals surface area contributed by atoms with Gasteiger partial charge in [0.05, 0.1) is 6.10 Å². The molecule has 86 valence electrons. The molecule has 0 aliphatic heterocycles. The van der Waals surface area contributed by atoms with Crippen LogP contribution in [0.2, 0.25) is 0 Å². The first-order valence-electron chi connectivity index (χ1n) is 5.08. The Morgan fingerprint density at radius 1 is 1.31 bits per heavy atom. The summed E-state index contributed by atoms with van der Waals surface area (Å²) in [5.41, 5.74) is 2.26. The molecule has 1 aromatic rings. The molecule has 1 saturated carbocycles. The fraction of sp³-hybridized carbons (Fsp3) is 0.364. The van der Waals surface area contributed by atoms with Crippen LogP contribution in [0.15, 0.2) is 18.2 Å². The number of halogens is 2. The molecule has 1 N–H and O–H groups in total. The maximum absolute atomic E-state index is 12.8. The average molecular weight is 227 g/mol. The van der Waals surface area contributed by atoms with Gasteiger partial charge in [0, 0.05) is 5.56 Å². The standard InChI is InChI=1S/C11H11F2NO2/c12-9-5-4-7(6-10(9)13)11(15)14-16-8-2-1-3-8/h4-6,8H,1-3H2,(H,14,15). The van der Waals surface area contributed by atoms with Crippen molar-refractivity contribution in [1.29, 1.82) is 0 Å². The van der Waals surface area contributed by atoms with E-state index in [1.807, 2.05) is 0 Å². The lowest BCUT2D eigenvalue weighted by molar-refractivity contribution is -0.0508. The van der Waals surface area contributed by atoms with Crippen molar-refractivity contribution in [3.63, 3.8) is 0 Å². The maximum atomic E-state index is 12.8. The maximum Gasteiger partial charge on any atom is 0.274 e. The Labute approximate surface area is 91.4 Å². The van der Waals surface area contributed by atoms with E-state index in [-0.39, 0.29) is 11.7 Å². The van der Waals surface area contributed by atoms with Gasteiger partial charge in [-0.1, -0.05) is 0 Å². The molecule has 1 aromatic carbocycles. The fourth-order valence-electron chi connectivity index (χ4n) is 1.32. The lowest BCUT2D eigenvalue weighted by atomic mass is 9.97. The summed E-state index contributed by atoms with van der Waals surface area (Å²) < 4.78 is 25.4. The summed E-state index contributed by atoms with van der Waals surface area (Å²) in [6.45, 7) is 0. The van der Waals surface area contributed by atoms with Crippen LogP contribution in [0, 0.1) is 11.6 Å². The second-order valence-electron chi connectivity index (χ2n) is 3.73. The Morgan fingerprint density at radius 2 is 2.06 bits per heavy atom. The molecule has 0 atom stereocenters. The molecule has 0 heterocycles. The quantitative estimate of drug-likeness (QED) is 0.804. The highest BCUT2D eigenvalue weighted by Gasteiger charge is 2.19. The van der Waals surface area contributed by atoms with Gasteiger partial charge in [0.25, 0.3) is 5.91 Å². The zero-order chi connectivity index (χ0) is 11.5. The minimum Gasteiger partial charge on any atom is -0.270 e. The van der Waals surface area contributed by atoms with Crippen LogP contribution in [-0.2, 0) is 4.84 Å². The molecular weight excluding hydrogens is 216 g/mol. The minimum absolute atomic E-state index is 0.0400. The van der Waals surface area contributed by atoms with Crippen LogP contribution < -0.4 is 5.48 Å². The second-order valence-corrected chi connectivity index (χ2v) is 3.73. The summed E-state index contributed by atoms with van der Waals surface area (Å²) in [4.78, 5) is 16.5. The van der Waals surface area contributed by atoms with Gasteiger partial charge in [-0.05, 0) is 37.5 Å². The van der Waals surface area contributed by atoms with Gasteiger partial charge in [-0.2, -0.15) is 0 Å². The number of rotatable bonds is 3. The first-order chi connectivity index (χ1) is 7.66. The lowest BCUT2D eigenvalue weighted by Crippen LogP contribution is -2.33. The Kier molecular flexibility index (Phi) is 3.14. The highest BCUT2D eigenvalue weighted by atomic mass is 19.2. The molecule has 0 aromatic heterocycles. The van der Waals surface area contributed by atoms with E-state index in [0.717, 1.165) is 31.4 Å². The van der Waals surface area contributed by atoms with E-state index in [1.54, 1.807) is 0 Å². The number of benzene rings is 1. The number of carbonyl (C=O) groups is 1. The van der Waals surface area contributed by atoms with Crippen molar-refractivity contribution in [3.05, 3.63) is 35.4 Å². The normalized spacial score (nSPS) is 15.6. The van der Waals surface area contributed by atoms with Crippen molar-refractivity contribution in [3.8, 4) is 0 Å². The summed E-state index contributed by atoms with van der Waals surface area (Å²) in [6, 6.07) is 2.96. The fourth-order valence-corrected chi connectivity index (χ4v) is 1.32. The average Bonchev–Trinajstić information content (AvgIpc) is 2.19. The van der Waals surface area contributed by atoms with Crippen molar-refractivity contribution >= 4 is 5.91 Å². The summed E-state index contributed by atoms with van der Waals surface area (Å²) in [5, 5.41) is 0. The van der Waals surface area contributed by atoms with E-state index in [9.17, 15) is 13.6 Å². The molecular formula is C11H11F2NO2. The van der Waals surface area contributed by atoms with E-state index in [4.69, 9.17) is 4.84 Å². The van der Waals surface area contributed by atoms with Crippen molar-refractivity contribution in [2.24, 2.45) is 0 Å². The van der Waals surface area contributed by atoms with Crippen molar-refractivity contribution in [2.45, 2.75) is 25.4 Å². The molecule has 0 spiro atoms. The van der Waals surface area contributed by atoms with Crippen LogP contribution in [0.1, 0.15) is 29.6 Å². The zero-order valence-corrected chi connectivity index (χ0v) is 8.50. The third-order valence-corrected chi connectivity index (χ3v) is 2.55. The van der Waals surface area contributed by atoms with E-state index in [1.165, 1.54) is 6.07 Å². The highest BCUT2D eigenvalue weighted by Crippen LogP contribution is 2.20. The molecule has 5 heteroatoms. The number of amides is 1. The van der Waals surface area contributed by atoms with Crippen LogP contribution in [-0.4, -0.2) is 12.0 Å². The number of carbonyl (C=O) groups excluding carboxylic acids is 1. The Bertz CT molecular complexity index is 405. The Morgan fingerprint density at radius 3 is 2.62 bits per heavy atom. The monoisotopic (exact) mass is 227 g/mol. The van der Waals surface area contributed by atoms with Crippen LogP contribution in [0.25, 0.3) is 0 Å². The van der Waals surface area contributed by atoms with Crippen molar-refractivity contribution in [1.82, 2.24) is 5.48 Å². The second kappa shape index (κ2) is 4.57. The number of hydroxylamine groups is 1. The predicted molar refractivity (Wildman–Crippen MR) is 52.5 cm³/mol. The van der Waals surface area contributed by atoms with Gasteiger partial charge in [0.2, 0.25) is 0 Å². The molecule has 1 aliphatic rings. The van der Waals surface area contributed by atoms with Crippen molar-refractivity contribution < 1.29 is 18.4 Å². The van der Waals surface area contributed by atoms with Gasteiger partial charge in [-0.3, -0.25) is 9.63 Å². The minimum atomic E-state index is -1.05. The number of hydrogen-bond acceptors (Lipinski definition) is 2. The molecule has 0 unspecified atom stereocenters. The molecule has 1 aliphatic carbocycles. The SMILES string of the molecule is O=C(NOC1CCC1)c1ccc(F)c(F)c1.